The molecule has 2 rings (SSSR count). The van der Waals surface area contributed by atoms with Gasteiger partial charge in [-0.1, -0.05) is 25.3 Å². The van der Waals surface area contributed by atoms with Crippen molar-refractivity contribution < 1.29 is 0 Å². The van der Waals surface area contributed by atoms with Gasteiger partial charge in [0.15, 0.2) is 0 Å². The first-order chi connectivity index (χ1) is 6.88. The van der Waals surface area contributed by atoms with E-state index in [4.69, 9.17) is 5.73 Å². The largest absolute Gasteiger partial charge is 0.324 e. The molecule has 15 heavy (non-hydrogen) atoms. The van der Waals surface area contributed by atoms with E-state index in [-0.39, 0.29) is 18.4 Å². The highest BCUT2D eigenvalue weighted by Crippen LogP contribution is 2.32. The first kappa shape index (κ1) is 12.5. The average Bonchev–Trinajstić information content (AvgIpc) is 2.30. The molecule has 1 aliphatic rings. The first-order valence-corrected chi connectivity index (χ1v) is 5.53. The minimum absolute atomic E-state index is 0. The van der Waals surface area contributed by atoms with E-state index in [0.717, 1.165) is 0 Å². The number of nitrogens with two attached hydrogens (primary N) is 1. The van der Waals surface area contributed by atoms with E-state index >= 15 is 0 Å². The van der Waals surface area contributed by atoms with E-state index in [9.17, 15) is 0 Å². The van der Waals surface area contributed by atoms with Gasteiger partial charge >= 0.3 is 0 Å². The maximum absolute atomic E-state index is 6.23. The van der Waals surface area contributed by atoms with Gasteiger partial charge in [-0.2, -0.15) is 0 Å². The predicted octanol–water partition coefficient (Wildman–Crippen LogP) is 3.08. The Labute approximate surface area is 97.7 Å². The molecule has 0 bridgehead atoms. The Kier molecular flexibility index (Phi) is 5.06. The summed E-state index contributed by atoms with van der Waals surface area (Å²) < 4.78 is 0. The lowest BCUT2D eigenvalue weighted by Gasteiger charge is -2.27. The summed E-state index contributed by atoms with van der Waals surface area (Å²) in [5, 5.41) is 0. The smallest absolute Gasteiger partial charge is 0.0338 e. The molecule has 84 valence electrons. The molecular weight excluding hydrogens is 208 g/mol. The molecule has 0 aromatic carbocycles. The lowest BCUT2D eigenvalue weighted by molar-refractivity contribution is 0.308. The Hall–Kier alpha value is -0.600. The van der Waals surface area contributed by atoms with Gasteiger partial charge in [0.25, 0.3) is 0 Å². The van der Waals surface area contributed by atoms with Crippen molar-refractivity contribution in [3.63, 3.8) is 0 Å². The molecule has 0 amide bonds. The van der Waals surface area contributed by atoms with Crippen LogP contribution in [0.3, 0.4) is 0 Å². The second-order valence-electron chi connectivity index (χ2n) is 4.21. The van der Waals surface area contributed by atoms with Gasteiger partial charge in [-0.15, -0.1) is 12.4 Å². The molecule has 1 unspecified atom stereocenters. The van der Waals surface area contributed by atoms with Crippen molar-refractivity contribution in [1.82, 2.24) is 4.98 Å². The van der Waals surface area contributed by atoms with Crippen LogP contribution in [0.2, 0.25) is 0 Å². The van der Waals surface area contributed by atoms with Crippen molar-refractivity contribution in [1.29, 1.82) is 0 Å². The van der Waals surface area contributed by atoms with Crippen LogP contribution < -0.4 is 5.73 Å². The quantitative estimate of drug-likeness (QED) is 0.842. The maximum atomic E-state index is 6.23. The lowest BCUT2D eigenvalue weighted by Crippen LogP contribution is -2.23. The van der Waals surface area contributed by atoms with Crippen LogP contribution in [-0.4, -0.2) is 4.98 Å². The van der Waals surface area contributed by atoms with E-state index in [1.807, 2.05) is 12.3 Å². The summed E-state index contributed by atoms with van der Waals surface area (Å²) in [7, 11) is 0. The Bertz CT molecular complexity index is 270. The Morgan fingerprint density at radius 1 is 1.27 bits per heavy atom. The molecule has 2 N–H and O–H groups in total. The second kappa shape index (κ2) is 6.09. The number of hydrogen-bond donors (Lipinski definition) is 1. The van der Waals surface area contributed by atoms with Gasteiger partial charge in [-0.3, -0.25) is 4.98 Å². The van der Waals surface area contributed by atoms with Crippen LogP contribution in [0.25, 0.3) is 0 Å². The van der Waals surface area contributed by atoms with Gasteiger partial charge in [0.05, 0.1) is 0 Å². The zero-order valence-electron chi connectivity index (χ0n) is 8.93. The van der Waals surface area contributed by atoms with Gasteiger partial charge in [0.2, 0.25) is 0 Å². The van der Waals surface area contributed by atoms with Crippen LogP contribution in [0.4, 0.5) is 0 Å². The Morgan fingerprint density at radius 3 is 2.60 bits per heavy atom. The van der Waals surface area contributed by atoms with E-state index in [1.165, 1.54) is 37.7 Å². The van der Waals surface area contributed by atoms with Crippen molar-refractivity contribution in [2.24, 2.45) is 11.7 Å². The molecule has 1 aromatic rings. The van der Waals surface area contributed by atoms with Crippen LogP contribution in [0.15, 0.2) is 24.5 Å². The topological polar surface area (TPSA) is 38.9 Å². The van der Waals surface area contributed by atoms with E-state index < -0.39 is 0 Å². The predicted molar refractivity (Wildman–Crippen MR) is 65.0 cm³/mol. The molecule has 0 aliphatic heterocycles. The molecule has 1 aliphatic carbocycles. The third-order valence-corrected chi connectivity index (χ3v) is 3.23. The zero-order chi connectivity index (χ0) is 9.80. The zero-order valence-corrected chi connectivity index (χ0v) is 9.75. The number of rotatable bonds is 2. The fraction of sp³-hybridized carbons (Fsp3) is 0.583. The summed E-state index contributed by atoms with van der Waals surface area (Å²) in [5.41, 5.74) is 7.42. The molecule has 1 heterocycles. The number of nitrogens with zero attached hydrogens (tertiary/aromatic N) is 1. The normalized spacial score (nSPS) is 19.3. The monoisotopic (exact) mass is 226 g/mol. The van der Waals surface area contributed by atoms with Crippen LogP contribution >= 0.6 is 12.4 Å². The molecule has 2 nitrogen and oxygen atoms in total. The van der Waals surface area contributed by atoms with Crippen molar-refractivity contribution >= 4 is 12.4 Å². The van der Waals surface area contributed by atoms with Crippen LogP contribution in [-0.2, 0) is 0 Å². The van der Waals surface area contributed by atoms with Crippen LogP contribution in [0, 0.1) is 5.92 Å². The highest BCUT2D eigenvalue weighted by Gasteiger charge is 2.21. The Balaban J connectivity index is 0.00000112. The molecule has 1 saturated carbocycles. The molecule has 1 atom stereocenters. The molecular formula is C12H19ClN2. The molecule has 1 aromatic heterocycles. The molecule has 0 radical (unpaired) electrons. The summed E-state index contributed by atoms with van der Waals surface area (Å²) in [6.45, 7) is 0. The van der Waals surface area contributed by atoms with Gasteiger partial charge in [-0.25, -0.2) is 0 Å². The molecule has 0 spiro atoms. The van der Waals surface area contributed by atoms with Crippen molar-refractivity contribution in [3.05, 3.63) is 30.1 Å². The fourth-order valence-electron chi connectivity index (χ4n) is 2.34. The third kappa shape index (κ3) is 3.18. The molecule has 3 heteroatoms. The third-order valence-electron chi connectivity index (χ3n) is 3.23. The Morgan fingerprint density at radius 2 is 2.00 bits per heavy atom. The lowest BCUT2D eigenvalue weighted by atomic mass is 9.82. The highest BCUT2D eigenvalue weighted by atomic mass is 35.5. The number of halogens is 1. The first-order valence-electron chi connectivity index (χ1n) is 5.53. The number of aromatic nitrogens is 1. The summed E-state index contributed by atoms with van der Waals surface area (Å²) in [6, 6.07) is 4.26. The average molecular weight is 227 g/mol. The van der Waals surface area contributed by atoms with Crippen LogP contribution in [0.5, 0.6) is 0 Å². The maximum Gasteiger partial charge on any atom is 0.0338 e. The van der Waals surface area contributed by atoms with E-state index in [1.54, 1.807) is 6.20 Å². The summed E-state index contributed by atoms with van der Waals surface area (Å²) >= 11 is 0. The van der Waals surface area contributed by atoms with Gasteiger partial charge in [0.1, 0.15) is 0 Å². The fourth-order valence-corrected chi connectivity index (χ4v) is 2.34. The minimum atomic E-state index is 0. The van der Waals surface area contributed by atoms with Gasteiger partial charge in [0, 0.05) is 18.4 Å². The second-order valence-corrected chi connectivity index (χ2v) is 4.21. The number of pyridine rings is 1. The highest BCUT2D eigenvalue weighted by molar-refractivity contribution is 5.85. The van der Waals surface area contributed by atoms with Crippen molar-refractivity contribution in [2.45, 2.75) is 38.1 Å². The summed E-state index contributed by atoms with van der Waals surface area (Å²) in [4.78, 5) is 4.12. The van der Waals surface area contributed by atoms with Gasteiger partial charge in [-0.05, 0) is 30.4 Å². The summed E-state index contributed by atoms with van der Waals surface area (Å²) in [5.74, 6) is 0.674. The summed E-state index contributed by atoms with van der Waals surface area (Å²) in [6.07, 6.45) is 10.4. The van der Waals surface area contributed by atoms with Crippen LogP contribution in [0.1, 0.15) is 43.7 Å². The van der Waals surface area contributed by atoms with E-state index in [0.29, 0.717) is 5.92 Å². The molecule has 1 fully saturated rings. The van der Waals surface area contributed by atoms with Gasteiger partial charge < -0.3 is 5.73 Å². The number of hydrogen-bond acceptors (Lipinski definition) is 2. The van der Waals surface area contributed by atoms with Crippen molar-refractivity contribution in [2.75, 3.05) is 0 Å². The van der Waals surface area contributed by atoms with E-state index in [2.05, 4.69) is 11.1 Å². The van der Waals surface area contributed by atoms with Crippen molar-refractivity contribution in [3.8, 4) is 0 Å². The molecule has 0 saturated heterocycles. The minimum Gasteiger partial charge on any atom is -0.324 e. The SMILES string of the molecule is Cl.NC(c1cccnc1)C1CCCCC1. The standard InChI is InChI=1S/C12H18N2.ClH/c13-12(10-5-2-1-3-6-10)11-7-4-8-14-9-11;/h4,7-10,12H,1-3,5-6,13H2;1H.